The number of fused-ring (bicyclic) bond motifs is 2. The molecule has 0 N–H and O–H groups in total. The van der Waals surface area contributed by atoms with Gasteiger partial charge in [0.05, 0.1) is 9.92 Å². The van der Waals surface area contributed by atoms with Gasteiger partial charge in [0, 0.05) is 31.7 Å². The fourth-order valence-electron chi connectivity index (χ4n) is 4.57. The van der Waals surface area contributed by atoms with Crippen molar-refractivity contribution >= 4 is 27.5 Å². The van der Waals surface area contributed by atoms with Gasteiger partial charge in [-0.05, 0) is 61.1 Å². The van der Waals surface area contributed by atoms with Crippen molar-refractivity contribution in [2.24, 2.45) is 0 Å². The van der Waals surface area contributed by atoms with Gasteiger partial charge in [-0.2, -0.15) is 4.31 Å². The number of hydrogen-bond donors (Lipinski definition) is 0. The molecule has 5 rings (SSSR count). The third-order valence-corrected chi connectivity index (χ3v) is 8.50. The standard InChI is InChI=1S/C23H25ClN2O5S/c24-20-14-18(15-21-22(20)31-12-11-30-21)23(27)25-7-9-26(10-8-25)32(28,29)19-6-5-16-3-1-2-4-17(16)13-19/h5-6,13-15H,1-4,7-12H2. The van der Waals surface area contributed by atoms with Gasteiger partial charge in [0.1, 0.15) is 13.2 Å². The molecule has 2 heterocycles. The monoisotopic (exact) mass is 476 g/mol. The van der Waals surface area contributed by atoms with Gasteiger partial charge in [-0.15, -0.1) is 0 Å². The van der Waals surface area contributed by atoms with Crippen molar-refractivity contribution in [3.63, 3.8) is 0 Å². The minimum atomic E-state index is -3.59. The summed E-state index contributed by atoms with van der Waals surface area (Å²) in [6.45, 7) is 1.96. The Labute approximate surface area is 192 Å². The Kier molecular flexibility index (Phi) is 5.77. The first-order valence-electron chi connectivity index (χ1n) is 10.9. The fourth-order valence-corrected chi connectivity index (χ4v) is 6.31. The van der Waals surface area contributed by atoms with E-state index in [1.807, 2.05) is 12.1 Å². The molecular formula is C23H25ClN2O5S. The molecular weight excluding hydrogens is 452 g/mol. The normalized spacial score (nSPS) is 18.8. The summed E-state index contributed by atoms with van der Waals surface area (Å²) < 4.78 is 38.9. The van der Waals surface area contributed by atoms with E-state index in [1.54, 1.807) is 23.1 Å². The number of nitrogens with zero attached hydrogens (tertiary/aromatic N) is 2. The van der Waals surface area contributed by atoms with E-state index in [-0.39, 0.29) is 19.0 Å². The van der Waals surface area contributed by atoms with E-state index in [2.05, 4.69) is 0 Å². The molecule has 0 bridgehead atoms. The topological polar surface area (TPSA) is 76.2 Å². The number of rotatable bonds is 3. The van der Waals surface area contributed by atoms with Crippen molar-refractivity contribution in [2.45, 2.75) is 30.6 Å². The molecule has 0 atom stereocenters. The first-order valence-corrected chi connectivity index (χ1v) is 12.8. The molecule has 0 saturated carbocycles. The maximum atomic E-state index is 13.2. The lowest BCUT2D eigenvalue weighted by atomic mass is 9.92. The molecule has 2 aromatic carbocycles. The molecule has 7 nitrogen and oxygen atoms in total. The van der Waals surface area contributed by atoms with Crippen molar-refractivity contribution in [2.75, 3.05) is 39.4 Å². The molecule has 2 aliphatic heterocycles. The molecule has 9 heteroatoms. The second-order valence-electron chi connectivity index (χ2n) is 8.32. The Balaban J connectivity index is 1.29. The Hall–Kier alpha value is -2.29. The van der Waals surface area contributed by atoms with Crippen LogP contribution in [0.4, 0.5) is 0 Å². The number of ether oxygens (including phenoxy) is 2. The van der Waals surface area contributed by atoms with Crippen molar-refractivity contribution in [1.82, 2.24) is 9.21 Å². The summed E-state index contributed by atoms with van der Waals surface area (Å²) >= 11 is 6.27. The number of halogens is 1. The third-order valence-electron chi connectivity index (χ3n) is 6.33. The number of carbonyl (C=O) groups is 1. The van der Waals surface area contributed by atoms with Gasteiger partial charge in [0.15, 0.2) is 11.5 Å². The van der Waals surface area contributed by atoms with Crippen LogP contribution < -0.4 is 9.47 Å². The van der Waals surface area contributed by atoms with Crippen LogP contribution in [0.3, 0.4) is 0 Å². The first-order chi connectivity index (χ1) is 15.4. The largest absolute Gasteiger partial charge is 0.486 e. The molecule has 1 fully saturated rings. The summed E-state index contributed by atoms with van der Waals surface area (Å²) in [7, 11) is -3.59. The predicted octanol–water partition coefficient (Wildman–Crippen LogP) is 3.14. The summed E-state index contributed by atoms with van der Waals surface area (Å²) in [5.74, 6) is 0.714. The predicted molar refractivity (Wildman–Crippen MR) is 120 cm³/mol. The molecule has 170 valence electrons. The van der Waals surface area contributed by atoms with Crippen LogP contribution in [0.5, 0.6) is 11.5 Å². The van der Waals surface area contributed by atoms with Crippen LogP contribution in [-0.4, -0.2) is 62.9 Å². The van der Waals surface area contributed by atoms with Crippen molar-refractivity contribution in [1.29, 1.82) is 0 Å². The highest BCUT2D eigenvalue weighted by Gasteiger charge is 2.31. The van der Waals surface area contributed by atoms with Crippen LogP contribution in [0, 0.1) is 0 Å². The first kappa shape index (κ1) is 21.6. The molecule has 1 saturated heterocycles. The molecule has 2 aromatic rings. The number of sulfonamides is 1. The van der Waals surface area contributed by atoms with E-state index in [1.165, 1.54) is 9.87 Å². The zero-order valence-corrected chi connectivity index (χ0v) is 19.3. The lowest BCUT2D eigenvalue weighted by Gasteiger charge is -2.34. The van der Waals surface area contributed by atoms with E-state index in [0.29, 0.717) is 53.3 Å². The van der Waals surface area contributed by atoms with Crippen LogP contribution in [0.25, 0.3) is 0 Å². The van der Waals surface area contributed by atoms with Gasteiger partial charge in [-0.3, -0.25) is 4.79 Å². The van der Waals surface area contributed by atoms with Crippen LogP contribution in [0.2, 0.25) is 5.02 Å². The minimum absolute atomic E-state index is 0.199. The van der Waals surface area contributed by atoms with Gasteiger partial charge < -0.3 is 14.4 Å². The quantitative estimate of drug-likeness (QED) is 0.680. The summed E-state index contributed by atoms with van der Waals surface area (Å²) in [5, 5.41) is 0.333. The fraction of sp³-hybridized carbons (Fsp3) is 0.435. The number of benzene rings is 2. The van der Waals surface area contributed by atoms with Gasteiger partial charge in [-0.1, -0.05) is 17.7 Å². The van der Waals surface area contributed by atoms with E-state index in [0.717, 1.165) is 31.2 Å². The van der Waals surface area contributed by atoms with E-state index >= 15 is 0 Å². The molecule has 3 aliphatic rings. The third kappa shape index (κ3) is 3.95. The van der Waals surface area contributed by atoms with Gasteiger partial charge in [0.2, 0.25) is 10.0 Å². The summed E-state index contributed by atoms with van der Waals surface area (Å²) in [4.78, 5) is 15.0. The highest BCUT2D eigenvalue weighted by molar-refractivity contribution is 7.89. The molecule has 0 unspecified atom stereocenters. The number of hydrogen-bond acceptors (Lipinski definition) is 5. The number of carbonyl (C=O) groups excluding carboxylic acids is 1. The second-order valence-corrected chi connectivity index (χ2v) is 10.7. The van der Waals surface area contributed by atoms with E-state index in [4.69, 9.17) is 21.1 Å². The molecule has 0 spiro atoms. The maximum Gasteiger partial charge on any atom is 0.254 e. The van der Waals surface area contributed by atoms with Gasteiger partial charge in [-0.25, -0.2) is 8.42 Å². The molecule has 0 aromatic heterocycles. The van der Waals surface area contributed by atoms with Crippen molar-refractivity contribution in [3.8, 4) is 11.5 Å². The highest BCUT2D eigenvalue weighted by Crippen LogP contribution is 2.38. The molecule has 1 aliphatic carbocycles. The van der Waals surface area contributed by atoms with E-state index < -0.39 is 10.0 Å². The van der Waals surface area contributed by atoms with Crippen molar-refractivity contribution < 1.29 is 22.7 Å². The molecule has 32 heavy (non-hydrogen) atoms. The average Bonchev–Trinajstić information content (AvgIpc) is 2.83. The Morgan fingerprint density at radius 2 is 1.62 bits per heavy atom. The lowest BCUT2D eigenvalue weighted by molar-refractivity contribution is 0.0697. The second kappa shape index (κ2) is 8.57. The number of amides is 1. The average molecular weight is 477 g/mol. The van der Waals surface area contributed by atoms with Crippen molar-refractivity contribution in [3.05, 3.63) is 52.0 Å². The van der Waals surface area contributed by atoms with Crippen LogP contribution in [-0.2, 0) is 22.9 Å². The minimum Gasteiger partial charge on any atom is -0.486 e. The molecule has 0 radical (unpaired) electrons. The Morgan fingerprint density at radius 3 is 2.41 bits per heavy atom. The summed E-state index contributed by atoms with van der Waals surface area (Å²) in [6.07, 6.45) is 4.20. The number of piperazine rings is 1. The number of aryl methyl sites for hydroxylation is 2. The summed E-state index contributed by atoms with van der Waals surface area (Å²) in [6, 6.07) is 8.71. The zero-order valence-electron chi connectivity index (χ0n) is 17.7. The smallest absolute Gasteiger partial charge is 0.254 e. The van der Waals surface area contributed by atoms with E-state index in [9.17, 15) is 13.2 Å². The van der Waals surface area contributed by atoms with Crippen LogP contribution >= 0.6 is 11.6 Å². The van der Waals surface area contributed by atoms with Crippen LogP contribution in [0.1, 0.15) is 34.3 Å². The van der Waals surface area contributed by atoms with Gasteiger partial charge in [0.25, 0.3) is 5.91 Å². The van der Waals surface area contributed by atoms with Crippen LogP contribution in [0.15, 0.2) is 35.2 Å². The summed E-state index contributed by atoms with van der Waals surface area (Å²) in [5.41, 5.74) is 2.80. The highest BCUT2D eigenvalue weighted by atomic mass is 35.5. The lowest BCUT2D eigenvalue weighted by Crippen LogP contribution is -2.50. The SMILES string of the molecule is O=C(c1cc(Cl)c2c(c1)OCCO2)N1CCN(S(=O)(=O)c2ccc3c(c2)CCCC3)CC1. The Morgan fingerprint density at radius 1 is 0.906 bits per heavy atom. The Bertz CT molecular complexity index is 1160. The molecule has 1 amide bonds. The maximum absolute atomic E-state index is 13.2. The van der Waals surface area contributed by atoms with Gasteiger partial charge >= 0.3 is 0 Å². The zero-order chi connectivity index (χ0) is 22.3.